The first kappa shape index (κ1) is 11.6. The van der Waals surface area contributed by atoms with E-state index >= 15 is 0 Å². The first-order valence-electron chi connectivity index (χ1n) is 6.07. The van der Waals surface area contributed by atoms with Crippen molar-refractivity contribution in [2.75, 3.05) is 0 Å². The van der Waals surface area contributed by atoms with Gasteiger partial charge in [0.2, 0.25) is 0 Å². The van der Waals surface area contributed by atoms with E-state index in [1.165, 1.54) is 25.7 Å². The normalized spacial score (nSPS) is 25.3. The predicted octanol–water partition coefficient (Wildman–Crippen LogP) is 5.51. The fraction of sp³-hybridized carbons (Fsp3) is 0.429. The predicted molar refractivity (Wildman–Crippen MR) is 75.1 cm³/mol. The van der Waals surface area contributed by atoms with Crippen LogP contribution in [0, 0.1) is 0 Å². The van der Waals surface area contributed by atoms with E-state index in [1.54, 1.807) is 0 Å². The van der Waals surface area contributed by atoms with E-state index in [0.717, 1.165) is 21.8 Å². The van der Waals surface area contributed by atoms with Gasteiger partial charge < -0.3 is 4.42 Å². The molecule has 3 rings (SSSR count). The van der Waals surface area contributed by atoms with Gasteiger partial charge in [0.05, 0.1) is 0 Å². The monoisotopic (exact) mass is 312 g/mol. The zero-order valence-corrected chi connectivity index (χ0v) is 11.8. The third-order valence-electron chi connectivity index (χ3n) is 3.54. The average Bonchev–Trinajstić information content (AvgIpc) is 2.72. The van der Waals surface area contributed by atoms with Gasteiger partial charge in [-0.05, 0) is 37.1 Å². The van der Waals surface area contributed by atoms with E-state index in [0.29, 0.717) is 10.7 Å². The van der Waals surface area contributed by atoms with Crippen LogP contribution in [0.25, 0.3) is 11.0 Å². The Hall–Kier alpha value is -0.470. The lowest BCUT2D eigenvalue weighted by molar-refractivity contribution is 0.398. The molecule has 1 heterocycles. The molecule has 1 aliphatic carbocycles. The van der Waals surface area contributed by atoms with Crippen molar-refractivity contribution in [1.82, 2.24) is 0 Å². The number of rotatable bonds is 1. The van der Waals surface area contributed by atoms with Gasteiger partial charge in [0.25, 0.3) is 0 Å². The fourth-order valence-corrected chi connectivity index (χ4v) is 3.65. The summed E-state index contributed by atoms with van der Waals surface area (Å²) in [6.07, 6.45) is 5.06. The highest BCUT2D eigenvalue weighted by molar-refractivity contribution is 9.09. The lowest BCUT2D eigenvalue weighted by atomic mass is 9.87. The van der Waals surface area contributed by atoms with Crippen molar-refractivity contribution in [1.29, 1.82) is 0 Å². The van der Waals surface area contributed by atoms with E-state index in [4.69, 9.17) is 16.0 Å². The molecule has 2 atom stereocenters. The van der Waals surface area contributed by atoms with Crippen LogP contribution in [-0.4, -0.2) is 4.83 Å². The maximum absolute atomic E-state index is 5.99. The third kappa shape index (κ3) is 2.25. The van der Waals surface area contributed by atoms with Crippen LogP contribution in [0.15, 0.2) is 28.7 Å². The topological polar surface area (TPSA) is 13.1 Å². The molecule has 1 aromatic heterocycles. The minimum absolute atomic E-state index is 0.509. The number of furan rings is 1. The lowest BCUT2D eigenvalue weighted by Gasteiger charge is -2.25. The fourth-order valence-electron chi connectivity index (χ4n) is 2.62. The van der Waals surface area contributed by atoms with E-state index < -0.39 is 0 Å². The molecule has 1 fully saturated rings. The van der Waals surface area contributed by atoms with E-state index in [2.05, 4.69) is 22.0 Å². The SMILES string of the molecule is Clc1ccc2oc(C3CCCCC3Br)cc2c1. The quantitative estimate of drug-likeness (QED) is 0.633. The van der Waals surface area contributed by atoms with Crippen molar-refractivity contribution in [3.05, 3.63) is 35.0 Å². The van der Waals surface area contributed by atoms with Crippen LogP contribution in [0.3, 0.4) is 0 Å². The van der Waals surface area contributed by atoms with Gasteiger partial charge in [0.15, 0.2) is 0 Å². The maximum Gasteiger partial charge on any atom is 0.134 e. The van der Waals surface area contributed by atoms with E-state index in [9.17, 15) is 0 Å². The Bertz CT molecular complexity index is 534. The van der Waals surface area contributed by atoms with Crippen molar-refractivity contribution < 1.29 is 4.42 Å². The number of halogens is 2. The van der Waals surface area contributed by atoms with Gasteiger partial charge >= 0.3 is 0 Å². The van der Waals surface area contributed by atoms with Crippen molar-refractivity contribution >= 4 is 38.5 Å². The molecule has 0 N–H and O–H groups in total. The van der Waals surface area contributed by atoms with Gasteiger partial charge in [-0.15, -0.1) is 0 Å². The van der Waals surface area contributed by atoms with Gasteiger partial charge in [-0.2, -0.15) is 0 Å². The molecule has 0 saturated heterocycles. The summed E-state index contributed by atoms with van der Waals surface area (Å²) in [4.78, 5) is 0.548. The van der Waals surface area contributed by atoms with Crippen LogP contribution in [0.4, 0.5) is 0 Å². The molecule has 0 amide bonds. The summed E-state index contributed by atoms with van der Waals surface area (Å²) in [5.41, 5.74) is 0.940. The van der Waals surface area contributed by atoms with Crippen LogP contribution < -0.4 is 0 Å². The van der Waals surface area contributed by atoms with Crippen LogP contribution in [-0.2, 0) is 0 Å². The molecule has 90 valence electrons. The first-order valence-corrected chi connectivity index (χ1v) is 7.36. The minimum atomic E-state index is 0.509. The van der Waals surface area contributed by atoms with E-state index in [-0.39, 0.29) is 0 Å². The summed E-state index contributed by atoms with van der Waals surface area (Å²) in [7, 11) is 0. The molecule has 1 aliphatic rings. The number of hydrogen-bond donors (Lipinski definition) is 0. The summed E-state index contributed by atoms with van der Waals surface area (Å²) in [6.45, 7) is 0. The standard InChI is InChI=1S/C14H14BrClO/c15-12-4-2-1-3-11(12)14-8-9-7-10(16)5-6-13(9)17-14/h5-8,11-12H,1-4H2. The van der Waals surface area contributed by atoms with Gasteiger partial charge in [0, 0.05) is 21.2 Å². The Labute approximate surface area is 114 Å². The largest absolute Gasteiger partial charge is 0.461 e. The molecule has 17 heavy (non-hydrogen) atoms. The average molecular weight is 314 g/mol. The van der Waals surface area contributed by atoms with Crippen molar-refractivity contribution in [2.45, 2.75) is 36.4 Å². The first-order chi connectivity index (χ1) is 8.24. The number of hydrogen-bond acceptors (Lipinski definition) is 1. The second-order valence-corrected chi connectivity index (χ2v) is 6.35. The van der Waals surface area contributed by atoms with Gasteiger partial charge in [-0.25, -0.2) is 0 Å². The summed E-state index contributed by atoms with van der Waals surface area (Å²) in [5, 5.41) is 1.88. The number of benzene rings is 1. The molecule has 3 heteroatoms. The molecule has 0 bridgehead atoms. The Balaban J connectivity index is 1.99. The highest BCUT2D eigenvalue weighted by Gasteiger charge is 2.27. The van der Waals surface area contributed by atoms with E-state index in [1.807, 2.05) is 18.2 Å². The molecular formula is C14H14BrClO. The van der Waals surface area contributed by atoms with Gasteiger partial charge in [-0.1, -0.05) is 40.4 Å². The molecule has 1 nitrogen and oxygen atoms in total. The summed E-state index contributed by atoms with van der Waals surface area (Å²) < 4.78 is 5.94. The molecule has 0 spiro atoms. The smallest absolute Gasteiger partial charge is 0.134 e. The highest BCUT2D eigenvalue weighted by atomic mass is 79.9. The molecular weight excluding hydrogens is 300 g/mol. The second kappa shape index (κ2) is 4.66. The Morgan fingerprint density at radius 2 is 2.00 bits per heavy atom. The second-order valence-electron chi connectivity index (χ2n) is 4.74. The molecule has 2 aromatic rings. The molecule has 0 aliphatic heterocycles. The van der Waals surface area contributed by atoms with Gasteiger partial charge in [0.1, 0.15) is 11.3 Å². The summed E-state index contributed by atoms with van der Waals surface area (Å²) in [5.74, 6) is 1.61. The minimum Gasteiger partial charge on any atom is -0.461 e. The Morgan fingerprint density at radius 1 is 1.18 bits per heavy atom. The number of fused-ring (bicyclic) bond motifs is 1. The van der Waals surface area contributed by atoms with Crippen molar-refractivity contribution in [3.8, 4) is 0 Å². The number of alkyl halides is 1. The third-order valence-corrected chi connectivity index (χ3v) is 4.88. The molecule has 1 saturated carbocycles. The van der Waals surface area contributed by atoms with Crippen LogP contribution in [0.1, 0.15) is 37.4 Å². The molecule has 2 unspecified atom stereocenters. The van der Waals surface area contributed by atoms with Crippen LogP contribution >= 0.6 is 27.5 Å². The summed E-state index contributed by atoms with van der Waals surface area (Å²) >= 11 is 9.77. The zero-order valence-electron chi connectivity index (χ0n) is 9.46. The van der Waals surface area contributed by atoms with Crippen LogP contribution in [0.2, 0.25) is 5.02 Å². The maximum atomic E-state index is 5.99. The van der Waals surface area contributed by atoms with Crippen LogP contribution in [0.5, 0.6) is 0 Å². The van der Waals surface area contributed by atoms with Gasteiger partial charge in [-0.3, -0.25) is 0 Å². The molecule has 1 aromatic carbocycles. The van der Waals surface area contributed by atoms with Crippen molar-refractivity contribution in [3.63, 3.8) is 0 Å². The highest BCUT2D eigenvalue weighted by Crippen LogP contribution is 2.39. The summed E-state index contributed by atoms with van der Waals surface area (Å²) in [6, 6.07) is 7.94. The molecule has 0 radical (unpaired) electrons. The van der Waals surface area contributed by atoms with Crippen molar-refractivity contribution in [2.24, 2.45) is 0 Å². The Morgan fingerprint density at radius 3 is 2.82 bits per heavy atom. The lowest BCUT2D eigenvalue weighted by Crippen LogP contribution is -2.16. The Kier molecular flexibility index (Phi) is 3.18. The zero-order chi connectivity index (χ0) is 11.8.